The van der Waals surface area contributed by atoms with Gasteiger partial charge >= 0.3 is 23.9 Å². The highest BCUT2D eigenvalue weighted by Crippen LogP contribution is 2.27. The van der Waals surface area contributed by atoms with Gasteiger partial charge in [-0.25, -0.2) is 0 Å². The number of hydrogen-bond donors (Lipinski definition) is 0. The van der Waals surface area contributed by atoms with Crippen molar-refractivity contribution < 1.29 is 42.9 Å². The monoisotopic (exact) mass is 697 g/mol. The highest BCUT2D eigenvalue weighted by molar-refractivity contribution is 5.71. The first-order valence-corrected chi connectivity index (χ1v) is 20.2. The fourth-order valence-corrected chi connectivity index (χ4v) is 6.12. The number of unbranched alkanes of at least 4 members (excludes halogenated alkanes) is 18. The Morgan fingerprint density at radius 1 is 0.510 bits per heavy atom. The first kappa shape index (κ1) is 44.9. The molecule has 286 valence electrons. The highest BCUT2D eigenvalue weighted by atomic mass is 16.7. The molecule has 49 heavy (non-hydrogen) atoms. The fourth-order valence-electron chi connectivity index (χ4n) is 6.12. The van der Waals surface area contributed by atoms with Crippen molar-refractivity contribution in [2.24, 2.45) is 0 Å². The van der Waals surface area contributed by atoms with E-state index in [0.29, 0.717) is 12.8 Å². The molecule has 9 heteroatoms. The lowest BCUT2D eigenvalue weighted by atomic mass is 10.1. The summed E-state index contributed by atoms with van der Waals surface area (Å²) in [5, 5.41) is 0. The second-order valence-electron chi connectivity index (χ2n) is 13.9. The van der Waals surface area contributed by atoms with Crippen molar-refractivity contribution in [2.75, 3.05) is 13.2 Å². The zero-order valence-corrected chi connectivity index (χ0v) is 31.8. The minimum absolute atomic E-state index is 0.00225. The van der Waals surface area contributed by atoms with E-state index >= 15 is 0 Å². The maximum atomic E-state index is 13.0. The van der Waals surface area contributed by atoms with Gasteiger partial charge in [-0.1, -0.05) is 143 Å². The number of rotatable bonds is 32. The summed E-state index contributed by atoms with van der Waals surface area (Å²) < 4.78 is 29.4. The maximum Gasteiger partial charge on any atom is 0.306 e. The van der Waals surface area contributed by atoms with Crippen molar-refractivity contribution in [3.05, 3.63) is 0 Å². The summed E-state index contributed by atoms with van der Waals surface area (Å²) in [6, 6.07) is 0. The van der Waals surface area contributed by atoms with Gasteiger partial charge in [0.15, 0.2) is 18.3 Å². The van der Waals surface area contributed by atoms with Crippen LogP contribution in [0.15, 0.2) is 0 Å². The van der Waals surface area contributed by atoms with E-state index < -0.39 is 36.4 Å². The quantitative estimate of drug-likeness (QED) is 0.0385. The third-order valence-electron chi connectivity index (χ3n) is 9.19. The van der Waals surface area contributed by atoms with Gasteiger partial charge in [0, 0.05) is 25.7 Å². The summed E-state index contributed by atoms with van der Waals surface area (Å²) in [4.78, 5) is 51.6. The van der Waals surface area contributed by atoms with Crippen molar-refractivity contribution in [3.63, 3.8) is 0 Å². The van der Waals surface area contributed by atoms with Crippen LogP contribution in [-0.2, 0) is 42.9 Å². The van der Waals surface area contributed by atoms with Crippen molar-refractivity contribution in [2.45, 2.75) is 219 Å². The second kappa shape index (κ2) is 30.6. The molecule has 1 heterocycles. The number of carbonyl (C=O) groups excluding carboxylic acids is 4. The predicted octanol–water partition coefficient (Wildman–Crippen LogP) is 9.89. The Kier molecular flexibility index (Phi) is 28.1. The van der Waals surface area contributed by atoms with Gasteiger partial charge in [-0.15, -0.1) is 0 Å². The zero-order valence-electron chi connectivity index (χ0n) is 31.8. The Labute approximate surface area is 298 Å². The van der Waals surface area contributed by atoms with Gasteiger partial charge in [0.05, 0.1) is 6.61 Å². The van der Waals surface area contributed by atoms with Gasteiger partial charge in [-0.05, 0) is 25.7 Å². The lowest BCUT2D eigenvalue weighted by Crippen LogP contribution is -2.47. The first-order chi connectivity index (χ1) is 23.9. The molecule has 4 atom stereocenters. The van der Waals surface area contributed by atoms with Crippen LogP contribution in [0.1, 0.15) is 195 Å². The molecule has 1 rings (SSSR count). The van der Waals surface area contributed by atoms with Gasteiger partial charge < -0.3 is 23.7 Å². The molecule has 0 spiro atoms. The van der Waals surface area contributed by atoms with E-state index in [-0.39, 0.29) is 50.8 Å². The van der Waals surface area contributed by atoms with Gasteiger partial charge in [0.2, 0.25) is 0 Å². The summed E-state index contributed by atoms with van der Waals surface area (Å²) in [5.74, 6) is -1.55. The topological polar surface area (TPSA) is 114 Å². The molecule has 1 aliphatic heterocycles. The molecule has 0 aliphatic carbocycles. The predicted molar refractivity (Wildman–Crippen MR) is 193 cm³/mol. The van der Waals surface area contributed by atoms with E-state index in [1.165, 1.54) is 25.7 Å². The van der Waals surface area contributed by atoms with Crippen LogP contribution in [0.3, 0.4) is 0 Å². The SMILES string of the molecule is CCCCCCCCCC(=O)OC[C@@H](OC(=O)CCCCCCC)[C@H]1OC[C@H](OC(=O)CCCCCCC)[C@H]1OC(=O)CCCCCCC. The van der Waals surface area contributed by atoms with Crippen LogP contribution in [0, 0.1) is 0 Å². The van der Waals surface area contributed by atoms with Crippen molar-refractivity contribution >= 4 is 23.9 Å². The standard InChI is InChI=1S/C40H72O9/c1-5-9-13-17-18-22-23-27-35(41)45-31-33(47-36(42)28-24-19-14-10-6-2)39-40(49-38(44)30-26-21-16-12-8-4)34(32-46-39)48-37(43)29-25-20-15-11-7-3/h33-34,39-40H,5-32H2,1-4H3/t33-,34+,39-,40-/m1/s1. The van der Waals surface area contributed by atoms with E-state index in [1.54, 1.807) is 0 Å². The molecule has 1 fully saturated rings. The Hall–Kier alpha value is -2.16. The summed E-state index contributed by atoms with van der Waals surface area (Å²) in [6.45, 7) is 8.40. The minimum Gasteiger partial charge on any atom is -0.462 e. The molecule has 0 aromatic carbocycles. The van der Waals surface area contributed by atoms with E-state index in [2.05, 4.69) is 27.7 Å². The van der Waals surface area contributed by atoms with Crippen LogP contribution >= 0.6 is 0 Å². The smallest absolute Gasteiger partial charge is 0.306 e. The molecule has 1 aliphatic rings. The van der Waals surface area contributed by atoms with Gasteiger partial charge in [-0.2, -0.15) is 0 Å². The molecule has 0 aromatic heterocycles. The second-order valence-corrected chi connectivity index (χ2v) is 13.9. The van der Waals surface area contributed by atoms with Crippen LogP contribution in [-0.4, -0.2) is 61.5 Å². The van der Waals surface area contributed by atoms with Crippen LogP contribution in [0.2, 0.25) is 0 Å². The number of carbonyl (C=O) groups is 4. The van der Waals surface area contributed by atoms with E-state index in [9.17, 15) is 19.2 Å². The molecule has 0 bridgehead atoms. The van der Waals surface area contributed by atoms with Crippen molar-refractivity contribution in [3.8, 4) is 0 Å². The molecule has 0 amide bonds. The average Bonchev–Trinajstić information content (AvgIpc) is 3.46. The lowest BCUT2D eigenvalue weighted by Gasteiger charge is -2.28. The van der Waals surface area contributed by atoms with Crippen LogP contribution in [0.5, 0.6) is 0 Å². The zero-order chi connectivity index (χ0) is 36.0. The Morgan fingerprint density at radius 3 is 1.37 bits per heavy atom. The fraction of sp³-hybridized carbons (Fsp3) is 0.900. The lowest BCUT2D eigenvalue weighted by molar-refractivity contribution is -0.179. The van der Waals surface area contributed by atoms with Crippen molar-refractivity contribution in [1.82, 2.24) is 0 Å². The number of ether oxygens (including phenoxy) is 5. The molecule has 0 aromatic rings. The maximum absolute atomic E-state index is 13.0. The van der Waals surface area contributed by atoms with E-state index in [4.69, 9.17) is 23.7 Å². The summed E-state index contributed by atoms with van der Waals surface area (Å²) in [6.07, 6.45) is 19.7. The Bertz CT molecular complexity index is 861. The normalized spacial score (nSPS) is 17.8. The summed E-state index contributed by atoms with van der Waals surface area (Å²) in [7, 11) is 0. The van der Waals surface area contributed by atoms with Gasteiger partial charge in [0.25, 0.3) is 0 Å². The molecule has 0 N–H and O–H groups in total. The van der Waals surface area contributed by atoms with Crippen LogP contribution in [0.4, 0.5) is 0 Å². The molecular formula is C40H72O9. The average molecular weight is 697 g/mol. The van der Waals surface area contributed by atoms with E-state index in [1.807, 2.05) is 0 Å². The molecular weight excluding hydrogens is 624 g/mol. The summed E-state index contributed by atoms with van der Waals surface area (Å²) in [5.41, 5.74) is 0. The molecule has 0 radical (unpaired) electrons. The first-order valence-electron chi connectivity index (χ1n) is 20.2. The minimum atomic E-state index is -0.999. The highest BCUT2D eigenvalue weighted by Gasteiger charge is 2.48. The molecule has 0 saturated carbocycles. The molecule has 0 unspecified atom stereocenters. The molecule has 9 nitrogen and oxygen atoms in total. The number of hydrogen-bond acceptors (Lipinski definition) is 9. The van der Waals surface area contributed by atoms with Gasteiger partial charge in [-0.3, -0.25) is 19.2 Å². The number of esters is 4. The van der Waals surface area contributed by atoms with Crippen molar-refractivity contribution in [1.29, 1.82) is 0 Å². The van der Waals surface area contributed by atoms with E-state index in [0.717, 1.165) is 103 Å². The Morgan fingerprint density at radius 2 is 0.898 bits per heavy atom. The third kappa shape index (κ3) is 23.0. The largest absolute Gasteiger partial charge is 0.462 e. The Balaban J connectivity index is 2.96. The third-order valence-corrected chi connectivity index (χ3v) is 9.19. The van der Waals surface area contributed by atoms with Crippen LogP contribution < -0.4 is 0 Å². The van der Waals surface area contributed by atoms with Gasteiger partial charge in [0.1, 0.15) is 12.7 Å². The molecule has 1 saturated heterocycles. The van der Waals surface area contributed by atoms with Crippen LogP contribution in [0.25, 0.3) is 0 Å². The summed E-state index contributed by atoms with van der Waals surface area (Å²) >= 11 is 0.